The predicted octanol–water partition coefficient (Wildman–Crippen LogP) is 3.71. The number of halogens is 1. The molecule has 15 heavy (non-hydrogen) atoms. The summed E-state index contributed by atoms with van der Waals surface area (Å²) in [5.74, 6) is 0. The molecule has 0 bridgehead atoms. The number of pyridine rings is 1. The van der Waals surface area contributed by atoms with Crippen LogP contribution in [0.1, 0.15) is 50.6 Å². The van der Waals surface area contributed by atoms with E-state index < -0.39 is 0 Å². The molecule has 0 fully saturated rings. The molecule has 2 nitrogen and oxygen atoms in total. The molecular formula is C12H19ClN2. The predicted molar refractivity (Wildman–Crippen MR) is 64.9 cm³/mol. The molecule has 0 spiro atoms. The Morgan fingerprint density at radius 3 is 2.87 bits per heavy atom. The van der Waals surface area contributed by atoms with Crippen LogP contribution in [0.5, 0.6) is 0 Å². The van der Waals surface area contributed by atoms with Crippen LogP contribution < -0.4 is 5.73 Å². The van der Waals surface area contributed by atoms with Crippen molar-refractivity contribution in [2.45, 2.75) is 45.1 Å². The van der Waals surface area contributed by atoms with Crippen LogP contribution in [-0.4, -0.2) is 4.98 Å². The van der Waals surface area contributed by atoms with Crippen molar-refractivity contribution in [1.29, 1.82) is 0 Å². The number of aromatic nitrogens is 1. The highest BCUT2D eigenvalue weighted by atomic mass is 35.5. The zero-order valence-electron chi connectivity index (χ0n) is 9.25. The zero-order chi connectivity index (χ0) is 11.1. The fourth-order valence-electron chi connectivity index (χ4n) is 1.63. The molecule has 0 aromatic carbocycles. The first kappa shape index (κ1) is 12.5. The lowest BCUT2D eigenvalue weighted by Gasteiger charge is -2.12. The normalized spacial score (nSPS) is 12.7. The average molecular weight is 227 g/mol. The second kappa shape index (κ2) is 6.81. The number of nitrogens with two attached hydrogens (primary N) is 1. The average Bonchev–Trinajstić information content (AvgIpc) is 2.25. The van der Waals surface area contributed by atoms with Crippen molar-refractivity contribution in [3.05, 3.63) is 29.0 Å². The molecule has 1 aromatic rings. The second-order valence-corrected chi connectivity index (χ2v) is 4.26. The van der Waals surface area contributed by atoms with E-state index in [-0.39, 0.29) is 6.04 Å². The van der Waals surface area contributed by atoms with E-state index in [0.717, 1.165) is 12.0 Å². The molecule has 0 aliphatic rings. The maximum absolute atomic E-state index is 6.07. The third-order valence-electron chi connectivity index (χ3n) is 2.57. The molecule has 1 atom stereocenters. The highest BCUT2D eigenvalue weighted by Gasteiger charge is 2.08. The van der Waals surface area contributed by atoms with Crippen molar-refractivity contribution in [2.24, 2.45) is 5.73 Å². The lowest BCUT2D eigenvalue weighted by Crippen LogP contribution is -2.10. The van der Waals surface area contributed by atoms with E-state index in [4.69, 9.17) is 17.3 Å². The molecule has 1 aromatic heterocycles. The van der Waals surface area contributed by atoms with Crippen molar-refractivity contribution in [3.8, 4) is 0 Å². The van der Waals surface area contributed by atoms with Crippen LogP contribution >= 0.6 is 11.6 Å². The van der Waals surface area contributed by atoms with Gasteiger partial charge in [0.1, 0.15) is 0 Å². The number of nitrogens with zero attached hydrogens (tertiary/aromatic N) is 1. The van der Waals surface area contributed by atoms with Gasteiger partial charge >= 0.3 is 0 Å². The molecule has 2 N–H and O–H groups in total. The summed E-state index contributed by atoms with van der Waals surface area (Å²) < 4.78 is 0. The third kappa shape index (κ3) is 4.18. The summed E-state index contributed by atoms with van der Waals surface area (Å²) in [6, 6.07) is 1.96. The monoisotopic (exact) mass is 226 g/mol. The van der Waals surface area contributed by atoms with Crippen LogP contribution in [-0.2, 0) is 0 Å². The van der Waals surface area contributed by atoms with Gasteiger partial charge in [0.25, 0.3) is 0 Å². The summed E-state index contributed by atoms with van der Waals surface area (Å²) >= 11 is 6.02. The molecule has 0 amide bonds. The smallest absolute Gasteiger partial charge is 0.0637 e. The summed E-state index contributed by atoms with van der Waals surface area (Å²) in [4.78, 5) is 3.95. The Kier molecular flexibility index (Phi) is 5.66. The first-order chi connectivity index (χ1) is 7.25. The molecular weight excluding hydrogens is 208 g/mol. The van der Waals surface area contributed by atoms with Gasteiger partial charge in [-0.2, -0.15) is 0 Å². The van der Waals surface area contributed by atoms with Crippen LogP contribution in [0.3, 0.4) is 0 Å². The maximum atomic E-state index is 6.07. The van der Waals surface area contributed by atoms with Gasteiger partial charge in [-0.25, -0.2) is 0 Å². The molecule has 0 saturated heterocycles. The van der Waals surface area contributed by atoms with Gasteiger partial charge < -0.3 is 5.73 Å². The van der Waals surface area contributed by atoms with E-state index >= 15 is 0 Å². The quantitative estimate of drug-likeness (QED) is 0.752. The molecule has 3 heteroatoms. The van der Waals surface area contributed by atoms with Gasteiger partial charge in [-0.05, 0) is 18.1 Å². The van der Waals surface area contributed by atoms with E-state index in [9.17, 15) is 0 Å². The van der Waals surface area contributed by atoms with Crippen molar-refractivity contribution < 1.29 is 0 Å². The minimum Gasteiger partial charge on any atom is -0.324 e. The van der Waals surface area contributed by atoms with Crippen molar-refractivity contribution in [2.75, 3.05) is 0 Å². The number of unbranched alkanes of at least 4 members (excludes halogenated alkanes) is 3. The first-order valence-electron chi connectivity index (χ1n) is 5.60. The number of rotatable bonds is 6. The fourth-order valence-corrected chi connectivity index (χ4v) is 1.89. The van der Waals surface area contributed by atoms with Gasteiger partial charge in [-0.3, -0.25) is 4.98 Å². The Morgan fingerprint density at radius 2 is 2.20 bits per heavy atom. The van der Waals surface area contributed by atoms with Crippen molar-refractivity contribution in [3.63, 3.8) is 0 Å². The van der Waals surface area contributed by atoms with Gasteiger partial charge in [0, 0.05) is 18.4 Å². The molecule has 0 radical (unpaired) electrons. The van der Waals surface area contributed by atoms with E-state index in [1.807, 2.05) is 6.07 Å². The summed E-state index contributed by atoms with van der Waals surface area (Å²) in [6.45, 7) is 2.21. The summed E-state index contributed by atoms with van der Waals surface area (Å²) in [7, 11) is 0. The number of hydrogen-bond donors (Lipinski definition) is 1. The van der Waals surface area contributed by atoms with Gasteiger partial charge in [-0.1, -0.05) is 44.2 Å². The topological polar surface area (TPSA) is 38.9 Å². The lowest BCUT2D eigenvalue weighted by molar-refractivity contribution is 0.566. The molecule has 84 valence electrons. The molecule has 1 rings (SSSR count). The largest absolute Gasteiger partial charge is 0.324 e. The lowest BCUT2D eigenvalue weighted by atomic mass is 10.0. The standard InChI is InChI=1S/C12H19ClN2/c1-2-3-4-5-6-12(14)10-7-8-15-9-11(10)13/h7-9,12H,2-6,14H2,1H3. The Morgan fingerprint density at radius 1 is 1.40 bits per heavy atom. The third-order valence-corrected chi connectivity index (χ3v) is 2.89. The molecule has 0 saturated carbocycles. The highest BCUT2D eigenvalue weighted by Crippen LogP contribution is 2.23. The van der Waals surface area contributed by atoms with E-state index in [1.165, 1.54) is 25.7 Å². The van der Waals surface area contributed by atoms with E-state index in [2.05, 4.69) is 11.9 Å². The van der Waals surface area contributed by atoms with Crippen molar-refractivity contribution >= 4 is 11.6 Å². The zero-order valence-corrected chi connectivity index (χ0v) is 10.0. The van der Waals surface area contributed by atoms with Crippen LogP contribution in [0.2, 0.25) is 5.02 Å². The van der Waals surface area contributed by atoms with Gasteiger partial charge in [-0.15, -0.1) is 0 Å². The van der Waals surface area contributed by atoms with Gasteiger partial charge in [0.2, 0.25) is 0 Å². The van der Waals surface area contributed by atoms with Crippen LogP contribution in [0.4, 0.5) is 0 Å². The Balaban J connectivity index is 2.40. The molecule has 0 aliphatic heterocycles. The summed E-state index contributed by atoms with van der Waals surface area (Å²) in [5, 5.41) is 0.681. The molecule has 1 heterocycles. The fraction of sp³-hybridized carbons (Fsp3) is 0.583. The van der Waals surface area contributed by atoms with E-state index in [1.54, 1.807) is 12.4 Å². The number of hydrogen-bond acceptors (Lipinski definition) is 2. The SMILES string of the molecule is CCCCCCC(N)c1ccncc1Cl. The van der Waals surface area contributed by atoms with Gasteiger partial charge in [0.15, 0.2) is 0 Å². The Bertz CT molecular complexity index is 289. The van der Waals surface area contributed by atoms with E-state index in [0.29, 0.717) is 5.02 Å². The van der Waals surface area contributed by atoms with Crippen LogP contribution in [0, 0.1) is 0 Å². The van der Waals surface area contributed by atoms with Crippen LogP contribution in [0.25, 0.3) is 0 Å². The van der Waals surface area contributed by atoms with Crippen molar-refractivity contribution in [1.82, 2.24) is 4.98 Å². The summed E-state index contributed by atoms with van der Waals surface area (Å²) in [6.07, 6.45) is 9.38. The maximum Gasteiger partial charge on any atom is 0.0637 e. The molecule has 0 aliphatic carbocycles. The van der Waals surface area contributed by atoms with Gasteiger partial charge in [0.05, 0.1) is 5.02 Å². The minimum absolute atomic E-state index is 0.0531. The second-order valence-electron chi connectivity index (χ2n) is 3.85. The van der Waals surface area contributed by atoms with Crippen LogP contribution in [0.15, 0.2) is 18.5 Å². The summed E-state index contributed by atoms with van der Waals surface area (Å²) in [5.41, 5.74) is 7.08. The first-order valence-corrected chi connectivity index (χ1v) is 5.98. The highest BCUT2D eigenvalue weighted by molar-refractivity contribution is 6.31. The Labute approximate surface area is 96.8 Å². The minimum atomic E-state index is 0.0531. The Hall–Kier alpha value is -0.600. The molecule has 1 unspecified atom stereocenters.